The number of carbonyl (C=O) groups excluding carboxylic acids is 3. The summed E-state index contributed by atoms with van der Waals surface area (Å²) in [7, 11) is 1.66. The Kier molecular flexibility index (Phi) is 8.19. The van der Waals surface area contributed by atoms with Gasteiger partial charge < -0.3 is 19.1 Å². The van der Waals surface area contributed by atoms with Crippen molar-refractivity contribution in [3.05, 3.63) is 64.9 Å². The Balaban J connectivity index is 1.03. The first kappa shape index (κ1) is 29.7. The molecule has 4 aliphatic heterocycles. The van der Waals surface area contributed by atoms with Crippen molar-refractivity contribution >= 4 is 28.6 Å². The lowest BCUT2D eigenvalue weighted by molar-refractivity contribution is -0.136. The average molecular weight is 618 g/mol. The van der Waals surface area contributed by atoms with E-state index in [0.29, 0.717) is 67.3 Å². The molecule has 0 saturated carbocycles. The highest BCUT2D eigenvalue weighted by Gasteiger charge is 2.40. The molecule has 12 heteroatoms. The van der Waals surface area contributed by atoms with Gasteiger partial charge >= 0.3 is 0 Å². The van der Waals surface area contributed by atoms with Crippen LogP contribution in [0.5, 0.6) is 5.75 Å². The summed E-state index contributed by atoms with van der Waals surface area (Å²) in [6.07, 6.45) is 4.76. The minimum absolute atomic E-state index is 0.0801. The molecule has 0 bridgehead atoms. The maximum absolute atomic E-state index is 15.3. The van der Waals surface area contributed by atoms with Gasteiger partial charge in [0.15, 0.2) is 5.82 Å². The Bertz CT molecular complexity index is 1650. The zero-order chi connectivity index (χ0) is 31.1. The zero-order valence-electron chi connectivity index (χ0n) is 25.2. The smallest absolute Gasteiger partial charge is 0.255 e. The number of imide groups is 1. The molecule has 236 valence electrons. The number of carbonyl (C=O) groups is 3. The van der Waals surface area contributed by atoms with Gasteiger partial charge in [0.25, 0.3) is 5.91 Å². The van der Waals surface area contributed by atoms with Crippen molar-refractivity contribution in [2.24, 2.45) is 5.92 Å². The fourth-order valence-corrected chi connectivity index (χ4v) is 6.99. The first-order chi connectivity index (χ1) is 21.9. The molecule has 0 aliphatic carbocycles. The lowest BCUT2D eigenvalue weighted by atomic mass is 10.0. The summed E-state index contributed by atoms with van der Waals surface area (Å²) in [6.45, 7) is 3.30. The summed E-state index contributed by atoms with van der Waals surface area (Å²) in [4.78, 5) is 49.8. The summed E-state index contributed by atoms with van der Waals surface area (Å²) in [5.41, 5.74) is 2.46. The number of ether oxygens (including phenoxy) is 3. The van der Waals surface area contributed by atoms with E-state index in [1.807, 2.05) is 12.1 Å². The lowest BCUT2D eigenvalue weighted by Gasteiger charge is -2.29. The quantitative estimate of drug-likeness (QED) is 0.380. The molecule has 3 fully saturated rings. The number of amides is 3. The van der Waals surface area contributed by atoms with Crippen molar-refractivity contribution in [1.82, 2.24) is 25.1 Å². The number of hydrogen-bond acceptors (Lipinski definition) is 9. The summed E-state index contributed by atoms with van der Waals surface area (Å²) < 4.78 is 33.1. The molecule has 3 saturated heterocycles. The van der Waals surface area contributed by atoms with Crippen LogP contribution >= 0.6 is 0 Å². The molecule has 4 aliphatic rings. The maximum Gasteiger partial charge on any atom is 0.255 e. The largest absolute Gasteiger partial charge is 0.489 e. The van der Waals surface area contributed by atoms with E-state index in [4.69, 9.17) is 14.2 Å². The SMILES string of the molecule is COC[C@@H]1CN(Cc2cc(F)c3nc(C4CCCCO4)ncc3c2)C[C@H]1Oc1ccc2c(c1)CN([C@H]1CCC(=O)NC1=O)C2=O. The molecule has 0 radical (unpaired) electrons. The van der Waals surface area contributed by atoms with Gasteiger partial charge in [-0.3, -0.25) is 24.6 Å². The third-order valence-corrected chi connectivity index (χ3v) is 9.21. The first-order valence-electron chi connectivity index (χ1n) is 15.6. The molecule has 1 unspecified atom stereocenters. The van der Waals surface area contributed by atoms with E-state index in [0.717, 1.165) is 30.4 Å². The minimum atomic E-state index is -0.666. The highest BCUT2D eigenvalue weighted by atomic mass is 19.1. The van der Waals surface area contributed by atoms with Crippen molar-refractivity contribution in [2.45, 2.75) is 63.4 Å². The number of nitrogens with zero attached hydrogens (tertiary/aromatic N) is 4. The van der Waals surface area contributed by atoms with Gasteiger partial charge in [-0.15, -0.1) is 0 Å². The molecule has 11 nitrogen and oxygen atoms in total. The van der Waals surface area contributed by atoms with Crippen molar-refractivity contribution in [1.29, 1.82) is 0 Å². The van der Waals surface area contributed by atoms with Crippen LogP contribution in [0.2, 0.25) is 0 Å². The van der Waals surface area contributed by atoms with E-state index in [1.165, 1.54) is 4.90 Å². The second kappa shape index (κ2) is 12.4. The summed E-state index contributed by atoms with van der Waals surface area (Å²) in [6, 6.07) is 8.20. The number of rotatable bonds is 8. The zero-order valence-corrected chi connectivity index (χ0v) is 25.2. The van der Waals surface area contributed by atoms with Crippen molar-refractivity contribution < 1.29 is 33.0 Å². The molecule has 7 rings (SSSR count). The van der Waals surface area contributed by atoms with E-state index in [9.17, 15) is 14.4 Å². The van der Waals surface area contributed by atoms with Gasteiger partial charge in [0.1, 0.15) is 35.3 Å². The van der Waals surface area contributed by atoms with Crippen LogP contribution in [0.4, 0.5) is 4.39 Å². The minimum Gasteiger partial charge on any atom is -0.489 e. The Labute approximate surface area is 260 Å². The molecule has 1 N–H and O–H groups in total. The molecule has 45 heavy (non-hydrogen) atoms. The van der Waals surface area contributed by atoms with E-state index in [2.05, 4.69) is 20.2 Å². The fourth-order valence-electron chi connectivity index (χ4n) is 6.99. The predicted molar refractivity (Wildman–Crippen MR) is 160 cm³/mol. The van der Waals surface area contributed by atoms with Crippen molar-refractivity contribution in [3.8, 4) is 5.75 Å². The molecule has 3 aromatic rings. The van der Waals surface area contributed by atoms with Gasteiger partial charge in [-0.2, -0.15) is 0 Å². The Morgan fingerprint density at radius 3 is 2.80 bits per heavy atom. The monoisotopic (exact) mass is 617 g/mol. The second-order valence-corrected chi connectivity index (χ2v) is 12.4. The van der Waals surface area contributed by atoms with E-state index in [-0.39, 0.29) is 48.7 Å². The van der Waals surface area contributed by atoms with E-state index >= 15 is 4.39 Å². The van der Waals surface area contributed by atoms with Crippen LogP contribution in [-0.4, -0.2) is 83.0 Å². The molecule has 2 aromatic carbocycles. The van der Waals surface area contributed by atoms with Gasteiger partial charge in [-0.25, -0.2) is 14.4 Å². The lowest BCUT2D eigenvalue weighted by Crippen LogP contribution is -2.52. The third kappa shape index (κ3) is 6.01. The van der Waals surface area contributed by atoms with Crippen LogP contribution in [0, 0.1) is 11.7 Å². The summed E-state index contributed by atoms with van der Waals surface area (Å²) >= 11 is 0. The number of aromatic nitrogens is 2. The summed E-state index contributed by atoms with van der Waals surface area (Å²) in [5, 5.41) is 2.99. The number of fused-ring (bicyclic) bond motifs is 2. The predicted octanol–water partition coefficient (Wildman–Crippen LogP) is 3.30. The number of piperidine rings is 1. The maximum atomic E-state index is 15.3. The number of benzene rings is 2. The van der Waals surface area contributed by atoms with Gasteiger partial charge in [-0.1, -0.05) is 0 Å². The van der Waals surface area contributed by atoms with E-state index in [1.54, 1.807) is 31.5 Å². The van der Waals surface area contributed by atoms with Crippen molar-refractivity contribution in [2.75, 3.05) is 33.4 Å². The third-order valence-electron chi connectivity index (χ3n) is 9.21. The van der Waals surface area contributed by atoms with Crippen LogP contribution in [0.15, 0.2) is 36.5 Å². The Morgan fingerprint density at radius 2 is 2.00 bits per heavy atom. The van der Waals surface area contributed by atoms with Crippen LogP contribution in [-0.2, 0) is 32.2 Å². The molecular weight excluding hydrogens is 581 g/mol. The molecule has 0 spiro atoms. The van der Waals surface area contributed by atoms with Gasteiger partial charge in [0.2, 0.25) is 11.8 Å². The number of hydrogen-bond donors (Lipinski definition) is 1. The van der Waals surface area contributed by atoms with Crippen LogP contribution in [0.3, 0.4) is 0 Å². The van der Waals surface area contributed by atoms with Gasteiger partial charge in [-0.05, 0) is 67.1 Å². The van der Waals surface area contributed by atoms with Gasteiger partial charge in [0.05, 0.1) is 6.61 Å². The number of likely N-dealkylation sites (tertiary alicyclic amines) is 1. The average Bonchev–Trinajstić information content (AvgIpc) is 3.56. The fraction of sp³-hybridized carbons (Fsp3) is 0.485. The number of methoxy groups -OCH3 is 1. The number of nitrogens with one attached hydrogen (secondary N) is 1. The highest BCUT2D eigenvalue weighted by molar-refractivity contribution is 6.05. The molecule has 1 aromatic heterocycles. The standard InChI is InChI=1S/C33H36FN5O6/c1-43-18-22-15-38(14-19-10-20-13-35-31(27-4-2-3-9-44-27)37-30(20)25(34)11-19)17-28(22)45-23-5-6-24-21(12-23)16-39(33(24)42)26-7-8-29(40)36-32(26)41/h5-6,10-13,22,26-28H,2-4,7-9,14-18H2,1H3,(H,36,40,41)/t22-,26-,27?,28+/m0/s1. The normalized spacial score (nSPS) is 25.6. The van der Waals surface area contributed by atoms with Gasteiger partial charge in [0, 0.05) is 69.4 Å². The van der Waals surface area contributed by atoms with Crippen LogP contribution < -0.4 is 10.1 Å². The van der Waals surface area contributed by atoms with E-state index < -0.39 is 11.9 Å². The van der Waals surface area contributed by atoms with Crippen LogP contribution in [0.1, 0.15) is 65.5 Å². The number of halogens is 1. The Hall–Kier alpha value is -4.00. The summed E-state index contributed by atoms with van der Waals surface area (Å²) in [5.74, 6) is -0.0948. The Morgan fingerprint density at radius 1 is 1.11 bits per heavy atom. The topological polar surface area (TPSA) is 123 Å². The molecule has 3 amide bonds. The van der Waals surface area contributed by atoms with Crippen molar-refractivity contribution in [3.63, 3.8) is 0 Å². The highest BCUT2D eigenvalue weighted by Crippen LogP contribution is 2.33. The molecular formula is C33H36FN5O6. The second-order valence-electron chi connectivity index (χ2n) is 12.4. The van der Waals surface area contributed by atoms with Crippen LogP contribution in [0.25, 0.3) is 10.9 Å². The molecule has 4 atom stereocenters. The molecule has 5 heterocycles. The first-order valence-corrected chi connectivity index (χ1v) is 15.6.